The highest BCUT2D eigenvalue weighted by Gasteiger charge is 2.28. The lowest BCUT2D eigenvalue weighted by Gasteiger charge is -2.03. The van der Waals surface area contributed by atoms with Crippen molar-refractivity contribution in [1.29, 1.82) is 0 Å². The Morgan fingerprint density at radius 1 is 0.885 bits per heavy atom. The highest BCUT2D eigenvalue weighted by molar-refractivity contribution is 7.78. The molecule has 0 unspecified atom stereocenters. The summed E-state index contributed by atoms with van der Waals surface area (Å²) in [7, 11) is 0. The third kappa shape index (κ3) is 11.6. The number of nitrogens with one attached hydrogen (secondary N) is 4. The van der Waals surface area contributed by atoms with Crippen molar-refractivity contribution in [3.05, 3.63) is 0 Å². The number of carbonyl (C=O) groups is 4. The highest BCUT2D eigenvalue weighted by atomic mass is 32.1. The molecule has 0 aromatic rings. The summed E-state index contributed by atoms with van der Waals surface area (Å²) in [6.07, 6.45) is 3.66. The smallest absolute Gasteiger partial charge is 0.326 e. The normalized spacial score (nSPS) is 19.3. The summed E-state index contributed by atoms with van der Waals surface area (Å²) in [5, 5.41) is 10.4. The summed E-state index contributed by atoms with van der Waals surface area (Å²) >= 11 is 3.59. The first-order chi connectivity index (χ1) is 12.3. The van der Waals surface area contributed by atoms with Crippen molar-refractivity contribution in [2.45, 2.75) is 51.6 Å². The zero-order chi connectivity index (χ0) is 20.5. The van der Waals surface area contributed by atoms with Gasteiger partial charge >= 0.3 is 18.2 Å². The molecule has 12 heteroatoms. The fourth-order valence-electron chi connectivity index (χ4n) is 1.82. The van der Waals surface area contributed by atoms with Gasteiger partial charge in [-0.1, -0.05) is 26.7 Å². The molecule has 2 atom stereocenters. The van der Waals surface area contributed by atoms with Gasteiger partial charge in [-0.25, -0.2) is 14.4 Å². The lowest BCUT2D eigenvalue weighted by atomic mass is 10.1. The van der Waals surface area contributed by atoms with Gasteiger partial charge in [-0.05, 0) is 12.8 Å². The van der Waals surface area contributed by atoms with E-state index in [9.17, 15) is 19.2 Å². The third-order valence-corrected chi connectivity index (χ3v) is 2.97. The van der Waals surface area contributed by atoms with Crippen molar-refractivity contribution in [3.63, 3.8) is 0 Å². The Labute approximate surface area is 154 Å². The minimum absolute atomic E-state index is 0.191. The highest BCUT2D eigenvalue weighted by Crippen LogP contribution is 2.03. The monoisotopic (exact) mass is 388 g/mol. The molecule has 2 rings (SSSR count). The molecule has 4 N–H and O–H groups in total. The summed E-state index contributed by atoms with van der Waals surface area (Å²) in [4.78, 5) is 67.2. The molecule has 2 aliphatic rings. The minimum atomic E-state index is -0.383. The number of unbranched alkanes of at least 4 members (excludes halogenated alkanes) is 1. The average Bonchev–Trinajstić information content (AvgIpc) is 3.07. The van der Waals surface area contributed by atoms with E-state index in [1.165, 1.54) is 0 Å². The van der Waals surface area contributed by atoms with E-state index < -0.39 is 0 Å². The van der Waals surface area contributed by atoms with E-state index >= 15 is 0 Å². The molecular formula is C14H20N4O7S. The van der Waals surface area contributed by atoms with Crippen LogP contribution in [0.4, 0.5) is 9.59 Å². The van der Waals surface area contributed by atoms with Crippen LogP contribution in [-0.2, 0) is 24.0 Å². The van der Waals surface area contributed by atoms with E-state index in [1.54, 1.807) is 0 Å². The molecular weight excluding hydrogens is 368 g/mol. The van der Waals surface area contributed by atoms with Crippen molar-refractivity contribution in [3.8, 4) is 0 Å². The molecule has 6 amide bonds. The molecule has 2 aliphatic heterocycles. The van der Waals surface area contributed by atoms with E-state index in [2.05, 4.69) is 40.4 Å². The van der Waals surface area contributed by atoms with Gasteiger partial charge in [0, 0.05) is 12.2 Å². The van der Waals surface area contributed by atoms with E-state index in [0.717, 1.165) is 24.5 Å². The molecule has 2 fully saturated rings. The zero-order valence-electron chi connectivity index (χ0n) is 14.2. The first-order valence-electron chi connectivity index (χ1n) is 7.52. The molecule has 0 radical (unpaired) electrons. The predicted octanol–water partition coefficient (Wildman–Crippen LogP) is -0.343. The Bertz CT molecular complexity index is 558. The van der Waals surface area contributed by atoms with Crippen LogP contribution in [0.15, 0.2) is 0 Å². The third-order valence-electron chi connectivity index (χ3n) is 2.97. The van der Waals surface area contributed by atoms with Gasteiger partial charge in [0.05, 0.1) is 0 Å². The van der Waals surface area contributed by atoms with E-state index in [1.807, 2.05) is 6.92 Å². The van der Waals surface area contributed by atoms with Crippen LogP contribution in [-0.4, -0.2) is 47.3 Å². The second-order valence-corrected chi connectivity index (χ2v) is 4.91. The van der Waals surface area contributed by atoms with Gasteiger partial charge in [-0.15, -0.1) is 0 Å². The number of hydrogen-bond acceptors (Lipinski definition) is 8. The molecule has 0 aromatic carbocycles. The van der Waals surface area contributed by atoms with Gasteiger partial charge < -0.3 is 10.6 Å². The van der Waals surface area contributed by atoms with Crippen LogP contribution >= 0.6 is 12.2 Å². The summed E-state index contributed by atoms with van der Waals surface area (Å²) in [5.74, 6) is -0.411. The van der Waals surface area contributed by atoms with Gasteiger partial charge in [-0.3, -0.25) is 20.2 Å². The van der Waals surface area contributed by atoms with Gasteiger partial charge in [0.2, 0.25) is 5.23 Å². The van der Waals surface area contributed by atoms with Crippen molar-refractivity contribution in [2.75, 3.05) is 0 Å². The van der Waals surface area contributed by atoms with Crippen LogP contribution in [0.3, 0.4) is 0 Å². The number of imide groups is 2. The fourth-order valence-corrected chi connectivity index (χ4v) is 1.82. The van der Waals surface area contributed by atoms with Crippen molar-refractivity contribution < 1.29 is 33.6 Å². The van der Waals surface area contributed by atoms with Crippen LogP contribution in [0.5, 0.6) is 0 Å². The first-order valence-corrected chi connectivity index (χ1v) is 7.93. The van der Waals surface area contributed by atoms with Crippen LogP contribution < -0.4 is 21.3 Å². The molecule has 0 spiro atoms. The van der Waals surface area contributed by atoms with Gasteiger partial charge in [0.25, 0.3) is 11.8 Å². The summed E-state index contributed by atoms with van der Waals surface area (Å²) < 4.78 is 0. The van der Waals surface area contributed by atoms with Crippen LogP contribution in [0.1, 0.15) is 39.5 Å². The molecule has 2 heterocycles. The number of thiocarbonyl (C=S) groups is 1. The number of rotatable bonds is 4. The average molecular weight is 388 g/mol. The SMILES string of the molecule is CCCC[C@H]1NC(=O)NC1=O.CC[C@H]1NC(=O)NC1=O.O=C=O.O=C=S. The molecule has 11 nitrogen and oxygen atoms in total. The van der Waals surface area contributed by atoms with Crippen LogP contribution in [0.25, 0.3) is 0 Å². The quantitative estimate of drug-likeness (QED) is 0.374. The van der Waals surface area contributed by atoms with Gasteiger partial charge in [-0.2, -0.15) is 9.59 Å². The van der Waals surface area contributed by atoms with Crippen molar-refractivity contribution in [2.24, 2.45) is 0 Å². The lowest BCUT2D eigenvalue weighted by Crippen LogP contribution is -2.28. The number of hydrogen-bond donors (Lipinski definition) is 4. The summed E-state index contributed by atoms with van der Waals surface area (Å²) in [6.45, 7) is 3.89. The maximum Gasteiger partial charge on any atom is 0.373 e. The Morgan fingerprint density at radius 2 is 1.27 bits per heavy atom. The van der Waals surface area contributed by atoms with Crippen LogP contribution in [0.2, 0.25) is 0 Å². The molecule has 144 valence electrons. The maximum absolute atomic E-state index is 10.9. The molecule has 26 heavy (non-hydrogen) atoms. The molecule has 0 aromatic heterocycles. The van der Waals surface area contributed by atoms with Gasteiger partial charge in [0.1, 0.15) is 12.1 Å². The summed E-state index contributed by atoms with van der Waals surface area (Å²) in [6, 6.07) is -1.34. The summed E-state index contributed by atoms with van der Waals surface area (Å²) in [5.41, 5.74) is 0. The molecule has 0 aliphatic carbocycles. The second-order valence-electron chi connectivity index (χ2n) is 4.75. The zero-order valence-corrected chi connectivity index (χ0v) is 15.1. The molecule has 0 bridgehead atoms. The Kier molecular flexibility index (Phi) is 15.2. The standard InChI is InChI=1S/C7H12N2O2.C5H8N2O2.CO2.COS/c1-2-3-4-5-6(10)9-7(11)8-5;1-2-3-4(8)7-5(9)6-3;2*2-1-3/h5H,2-4H2,1H3,(H2,8,9,10,11);3H,2H2,1H3,(H2,6,7,8,9);;/t5-;3-;;/m11../s1. The predicted molar refractivity (Wildman–Crippen MR) is 89.0 cm³/mol. The van der Waals surface area contributed by atoms with E-state index in [0.29, 0.717) is 6.42 Å². The van der Waals surface area contributed by atoms with Gasteiger partial charge in [0.15, 0.2) is 0 Å². The van der Waals surface area contributed by atoms with E-state index in [-0.39, 0.29) is 42.1 Å². The maximum atomic E-state index is 10.9. The Balaban J connectivity index is 0. The van der Waals surface area contributed by atoms with Crippen molar-refractivity contribution in [1.82, 2.24) is 21.3 Å². The lowest BCUT2D eigenvalue weighted by molar-refractivity contribution is -0.191. The van der Waals surface area contributed by atoms with E-state index in [4.69, 9.17) is 14.4 Å². The molecule has 0 saturated carbocycles. The Hall–Kier alpha value is -2.94. The van der Waals surface area contributed by atoms with Crippen molar-refractivity contribution >= 4 is 47.5 Å². The fraction of sp³-hybridized carbons (Fsp3) is 0.571. The largest absolute Gasteiger partial charge is 0.373 e. The minimum Gasteiger partial charge on any atom is -0.326 e. The topological polar surface area (TPSA) is 168 Å². The Morgan fingerprint density at radius 3 is 1.50 bits per heavy atom. The first kappa shape index (κ1) is 25.3. The number of carbonyl (C=O) groups excluding carboxylic acids is 7. The second kappa shape index (κ2) is 15.6. The van der Waals surface area contributed by atoms with Crippen LogP contribution in [0, 0.1) is 0 Å². The number of urea groups is 2. The molecule has 2 saturated heterocycles. The number of amides is 6.